The molecule has 6 heteroatoms. The molecule has 0 aliphatic heterocycles. The van der Waals surface area contributed by atoms with Crippen LogP contribution in [0, 0.1) is 6.92 Å². The van der Waals surface area contributed by atoms with Gasteiger partial charge in [-0.25, -0.2) is 8.42 Å². The van der Waals surface area contributed by atoms with Crippen LogP contribution in [0.2, 0.25) is 0 Å². The quantitative estimate of drug-likeness (QED) is 0.586. The number of carbonyl (C=O) groups is 1. The van der Waals surface area contributed by atoms with E-state index in [1.165, 1.54) is 17.7 Å². The van der Waals surface area contributed by atoms with Gasteiger partial charge < -0.3 is 5.32 Å². The lowest BCUT2D eigenvalue weighted by atomic mass is 10.0. The molecule has 0 aliphatic carbocycles. The largest absolute Gasteiger partial charge is 0.325 e. The molecule has 0 radical (unpaired) electrons. The maximum atomic E-state index is 13.3. The fourth-order valence-corrected chi connectivity index (χ4v) is 4.47. The SMILES string of the molecule is Cc1ccc(N(CC(=O)Nc2ccc(C(C)C)cc2)S(=O)(=O)c2ccccc2)cc1. The van der Waals surface area contributed by atoms with Gasteiger partial charge in [0, 0.05) is 5.69 Å². The Hall–Kier alpha value is -3.12. The Morgan fingerprint density at radius 2 is 1.50 bits per heavy atom. The molecule has 0 fully saturated rings. The fourth-order valence-electron chi connectivity index (χ4n) is 3.03. The van der Waals surface area contributed by atoms with Crippen molar-refractivity contribution in [2.45, 2.75) is 31.6 Å². The summed E-state index contributed by atoms with van der Waals surface area (Å²) in [4.78, 5) is 12.9. The van der Waals surface area contributed by atoms with Gasteiger partial charge in [0.1, 0.15) is 6.54 Å². The van der Waals surface area contributed by atoms with Crippen molar-refractivity contribution in [1.82, 2.24) is 0 Å². The normalized spacial score (nSPS) is 11.3. The number of nitrogens with zero attached hydrogens (tertiary/aromatic N) is 1. The van der Waals surface area contributed by atoms with E-state index in [-0.39, 0.29) is 11.4 Å². The van der Waals surface area contributed by atoms with Gasteiger partial charge in [-0.1, -0.05) is 61.9 Å². The number of benzene rings is 3. The summed E-state index contributed by atoms with van der Waals surface area (Å²) in [5.74, 6) is -0.0184. The van der Waals surface area contributed by atoms with Crippen molar-refractivity contribution in [3.8, 4) is 0 Å². The number of carbonyl (C=O) groups excluding carboxylic acids is 1. The number of amides is 1. The highest BCUT2D eigenvalue weighted by Gasteiger charge is 2.27. The molecule has 0 unspecified atom stereocenters. The molecule has 0 aromatic heterocycles. The van der Waals surface area contributed by atoms with Gasteiger partial charge in [0.25, 0.3) is 10.0 Å². The van der Waals surface area contributed by atoms with E-state index in [2.05, 4.69) is 19.2 Å². The van der Waals surface area contributed by atoms with Crippen LogP contribution in [0.5, 0.6) is 0 Å². The van der Waals surface area contributed by atoms with Crippen LogP contribution < -0.4 is 9.62 Å². The molecule has 0 saturated carbocycles. The minimum absolute atomic E-state index is 0.139. The third kappa shape index (κ3) is 5.07. The second-order valence-corrected chi connectivity index (χ2v) is 9.35. The molecule has 30 heavy (non-hydrogen) atoms. The Bertz CT molecular complexity index is 1090. The molecule has 1 amide bonds. The molecule has 3 rings (SSSR count). The van der Waals surface area contributed by atoms with E-state index in [0.717, 1.165) is 9.87 Å². The van der Waals surface area contributed by atoms with E-state index in [4.69, 9.17) is 0 Å². The summed E-state index contributed by atoms with van der Waals surface area (Å²) in [5, 5.41) is 2.80. The third-order valence-electron chi connectivity index (χ3n) is 4.80. The van der Waals surface area contributed by atoms with Gasteiger partial charge in [-0.05, 0) is 54.8 Å². The first kappa shape index (κ1) is 21.6. The fraction of sp³-hybridized carbons (Fsp3) is 0.208. The van der Waals surface area contributed by atoms with Crippen molar-refractivity contribution in [3.05, 3.63) is 90.0 Å². The highest BCUT2D eigenvalue weighted by Crippen LogP contribution is 2.24. The summed E-state index contributed by atoms with van der Waals surface area (Å²) in [6.45, 7) is 5.79. The van der Waals surface area contributed by atoms with E-state index in [1.54, 1.807) is 30.3 Å². The summed E-state index contributed by atoms with van der Waals surface area (Å²) in [6.07, 6.45) is 0. The van der Waals surface area contributed by atoms with E-state index < -0.39 is 15.9 Å². The number of nitrogens with one attached hydrogen (secondary N) is 1. The zero-order valence-electron chi connectivity index (χ0n) is 17.4. The monoisotopic (exact) mass is 422 g/mol. The Balaban J connectivity index is 1.87. The average molecular weight is 423 g/mol. The predicted molar refractivity (Wildman–Crippen MR) is 121 cm³/mol. The van der Waals surface area contributed by atoms with Crippen LogP contribution in [0.1, 0.15) is 30.9 Å². The topological polar surface area (TPSA) is 66.5 Å². The summed E-state index contributed by atoms with van der Waals surface area (Å²) in [7, 11) is -3.90. The Kier molecular flexibility index (Phi) is 6.57. The van der Waals surface area contributed by atoms with Gasteiger partial charge in [-0.15, -0.1) is 0 Å². The molecular formula is C24H26N2O3S. The molecule has 1 N–H and O–H groups in total. The van der Waals surface area contributed by atoms with E-state index in [0.29, 0.717) is 17.3 Å². The summed E-state index contributed by atoms with van der Waals surface area (Å²) in [5.41, 5.74) is 3.24. The Morgan fingerprint density at radius 3 is 2.07 bits per heavy atom. The van der Waals surface area contributed by atoms with Crippen LogP contribution in [0.15, 0.2) is 83.8 Å². The predicted octanol–water partition coefficient (Wildman–Crippen LogP) is 4.95. The van der Waals surface area contributed by atoms with Gasteiger partial charge in [0.2, 0.25) is 5.91 Å². The lowest BCUT2D eigenvalue weighted by Gasteiger charge is -2.24. The number of hydrogen-bond donors (Lipinski definition) is 1. The zero-order chi connectivity index (χ0) is 21.7. The lowest BCUT2D eigenvalue weighted by molar-refractivity contribution is -0.114. The number of sulfonamides is 1. The van der Waals surface area contributed by atoms with E-state index in [9.17, 15) is 13.2 Å². The molecule has 5 nitrogen and oxygen atoms in total. The molecule has 3 aromatic carbocycles. The molecular weight excluding hydrogens is 396 g/mol. The molecule has 0 spiro atoms. The molecule has 0 atom stereocenters. The van der Waals surface area contributed by atoms with Crippen LogP contribution in [0.4, 0.5) is 11.4 Å². The van der Waals surface area contributed by atoms with Gasteiger partial charge in [-0.2, -0.15) is 0 Å². The summed E-state index contributed by atoms with van der Waals surface area (Å²) < 4.78 is 27.7. The van der Waals surface area contributed by atoms with Gasteiger partial charge in [-0.3, -0.25) is 9.10 Å². The van der Waals surface area contributed by atoms with Gasteiger partial charge >= 0.3 is 0 Å². The second kappa shape index (κ2) is 9.13. The highest BCUT2D eigenvalue weighted by molar-refractivity contribution is 7.92. The van der Waals surface area contributed by atoms with Crippen LogP contribution >= 0.6 is 0 Å². The molecule has 3 aromatic rings. The standard InChI is InChI=1S/C24H26N2O3S/c1-18(2)20-11-13-21(14-12-20)25-24(27)17-26(22-15-9-19(3)10-16-22)30(28,29)23-7-5-4-6-8-23/h4-16,18H,17H2,1-3H3,(H,25,27). The molecule has 0 heterocycles. The van der Waals surface area contributed by atoms with Crippen LogP contribution in [-0.2, 0) is 14.8 Å². The Labute approximate surface area is 178 Å². The van der Waals surface area contributed by atoms with Crippen molar-refractivity contribution in [1.29, 1.82) is 0 Å². The number of hydrogen-bond acceptors (Lipinski definition) is 3. The first-order valence-electron chi connectivity index (χ1n) is 9.81. The number of anilines is 2. The Morgan fingerprint density at radius 1 is 0.900 bits per heavy atom. The van der Waals surface area contributed by atoms with Crippen LogP contribution in [-0.4, -0.2) is 20.9 Å². The van der Waals surface area contributed by atoms with Crippen LogP contribution in [0.3, 0.4) is 0 Å². The van der Waals surface area contributed by atoms with Crippen molar-refractivity contribution in [2.75, 3.05) is 16.2 Å². The number of aryl methyl sites for hydroxylation is 1. The maximum Gasteiger partial charge on any atom is 0.264 e. The van der Waals surface area contributed by atoms with Gasteiger partial charge in [0.05, 0.1) is 10.6 Å². The lowest BCUT2D eigenvalue weighted by Crippen LogP contribution is -2.38. The molecule has 0 saturated heterocycles. The third-order valence-corrected chi connectivity index (χ3v) is 6.59. The average Bonchev–Trinajstić information content (AvgIpc) is 2.74. The van der Waals surface area contributed by atoms with Crippen LogP contribution in [0.25, 0.3) is 0 Å². The zero-order valence-corrected chi connectivity index (χ0v) is 18.2. The first-order valence-corrected chi connectivity index (χ1v) is 11.3. The van der Waals surface area contributed by atoms with E-state index in [1.807, 2.05) is 43.3 Å². The van der Waals surface area contributed by atoms with Crippen molar-refractivity contribution in [2.24, 2.45) is 0 Å². The van der Waals surface area contributed by atoms with Crippen molar-refractivity contribution >= 4 is 27.3 Å². The summed E-state index contributed by atoms with van der Waals surface area (Å²) in [6, 6.07) is 22.8. The van der Waals surface area contributed by atoms with Gasteiger partial charge in [0.15, 0.2) is 0 Å². The van der Waals surface area contributed by atoms with Crippen molar-refractivity contribution in [3.63, 3.8) is 0 Å². The van der Waals surface area contributed by atoms with Crippen molar-refractivity contribution < 1.29 is 13.2 Å². The molecule has 0 aliphatic rings. The maximum absolute atomic E-state index is 13.3. The summed E-state index contributed by atoms with van der Waals surface area (Å²) >= 11 is 0. The second-order valence-electron chi connectivity index (χ2n) is 7.49. The minimum Gasteiger partial charge on any atom is -0.325 e. The smallest absolute Gasteiger partial charge is 0.264 e. The van der Waals surface area contributed by atoms with E-state index >= 15 is 0 Å². The molecule has 156 valence electrons. The molecule has 0 bridgehead atoms. The number of rotatable bonds is 7. The minimum atomic E-state index is -3.90. The first-order chi connectivity index (χ1) is 14.3. The highest BCUT2D eigenvalue weighted by atomic mass is 32.2.